The summed E-state index contributed by atoms with van der Waals surface area (Å²) < 4.78 is 6.36. The summed E-state index contributed by atoms with van der Waals surface area (Å²) in [4.78, 5) is 21.0. The van der Waals surface area contributed by atoms with Crippen LogP contribution in [0.25, 0.3) is 10.2 Å². The molecule has 0 atom stereocenters. The SMILES string of the molecule is O=C(Nc1ccc2ncsc2c1)OCCCN1CCN(c2ccc(Cl)cc2)CC1. The molecule has 152 valence electrons. The Labute approximate surface area is 179 Å². The molecule has 8 heteroatoms. The lowest BCUT2D eigenvalue weighted by molar-refractivity contribution is 0.151. The molecule has 6 nitrogen and oxygen atoms in total. The maximum Gasteiger partial charge on any atom is 0.411 e. The predicted octanol–water partition coefficient (Wildman–Crippen LogP) is 4.71. The van der Waals surface area contributed by atoms with E-state index >= 15 is 0 Å². The molecule has 1 aliphatic heterocycles. The molecule has 2 aromatic carbocycles. The van der Waals surface area contributed by atoms with E-state index < -0.39 is 6.09 Å². The van der Waals surface area contributed by atoms with Gasteiger partial charge in [0.15, 0.2) is 0 Å². The predicted molar refractivity (Wildman–Crippen MR) is 119 cm³/mol. The molecule has 0 unspecified atom stereocenters. The van der Waals surface area contributed by atoms with E-state index in [0.29, 0.717) is 6.61 Å². The van der Waals surface area contributed by atoms with Gasteiger partial charge in [0.25, 0.3) is 0 Å². The number of amides is 1. The van der Waals surface area contributed by atoms with Gasteiger partial charge >= 0.3 is 6.09 Å². The normalized spacial score (nSPS) is 14.9. The number of nitrogens with zero attached hydrogens (tertiary/aromatic N) is 3. The van der Waals surface area contributed by atoms with Crippen LogP contribution in [0, 0.1) is 0 Å². The van der Waals surface area contributed by atoms with Gasteiger partial charge in [-0.15, -0.1) is 11.3 Å². The second-order valence-corrected chi connectivity index (χ2v) is 8.28. The van der Waals surface area contributed by atoms with E-state index in [-0.39, 0.29) is 0 Å². The van der Waals surface area contributed by atoms with E-state index in [0.717, 1.165) is 60.1 Å². The molecule has 3 aromatic rings. The Hall–Kier alpha value is -2.35. The number of anilines is 2. The highest BCUT2D eigenvalue weighted by Crippen LogP contribution is 2.22. The minimum Gasteiger partial charge on any atom is -0.449 e. The average Bonchev–Trinajstić information content (AvgIpc) is 3.20. The molecule has 0 saturated carbocycles. The average molecular weight is 431 g/mol. The van der Waals surface area contributed by atoms with E-state index in [4.69, 9.17) is 16.3 Å². The third-order valence-corrected chi connectivity index (χ3v) is 6.04. The summed E-state index contributed by atoms with van der Waals surface area (Å²) in [5.74, 6) is 0. The number of hydrogen-bond donors (Lipinski definition) is 1. The summed E-state index contributed by atoms with van der Waals surface area (Å²) in [6.07, 6.45) is 0.406. The Morgan fingerprint density at radius 2 is 1.93 bits per heavy atom. The highest BCUT2D eigenvalue weighted by atomic mass is 35.5. The summed E-state index contributed by atoms with van der Waals surface area (Å²) >= 11 is 7.51. The van der Waals surface area contributed by atoms with Crippen molar-refractivity contribution in [3.05, 3.63) is 53.0 Å². The van der Waals surface area contributed by atoms with Crippen molar-refractivity contribution in [3.63, 3.8) is 0 Å². The van der Waals surface area contributed by atoms with E-state index in [1.807, 2.05) is 30.3 Å². The van der Waals surface area contributed by atoms with Crippen molar-refractivity contribution in [2.45, 2.75) is 6.42 Å². The van der Waals surface area contributed by atoms with Crippen molar-refractivity contribution in [2.24, 2.45) is 0 Å². The smallest absolute Gasteiger partial charge is 0.411 e. The summed E-state index contributed by atoms with van der Waals surface area (Å²) in [6, 6.07) is 13.6. The Morgan fingerprint density at radius 1 is 1.14 bits per heavy atom. The number of hydrogen-bond acceptors (Lipinski definition) is 6. The Balaban J connectivity index is 1.13. The number of aromatic nitrogens is 1. The van der Waals surface area contributed by atoms with Crippen molar-refractivity contribution in [1.82, 2.24) is 9.88 Å². The first-order valence-corrected chi connectivity index (χ1v) is 10.9. The van der Waals surface area contributed by atoms with Gasteiger partial charge in [-0.2, -0.15) is 0 Å². The maximum absolute atomic E-state index is 12.0. The monoisotopic (exact) mass is 430 g/mol. The lowest BCUT2D eigenvalue weighted by Crippen LogP contribution is -2.46. The third kappa shape index (κ3) is 5.38. The minimum absolute atomic E-state index is 0.409. The number of carbonyl (C=O) groups excluding carboxylic acids is 1. The molecule has 29 heavy (non-hydrogen) atoms. The van der Waals surface area contributed by atoms with Crippen LogP contribution in [0.4, 0.5) is 16.2 Å². The van der Waals surface area contributed by atoms with Crippen molar-refractivity contribution in [3.8, 4) is 0 Å². The van der Waals surface area contributed by atoms with Crippen LogP contribution in [0.15, 0.2) is 48.0 Å². The summed E-state index contributed by atoms with van der Waals surface area (Å²) in [5.41, 5.74) is 4.67. The topological polar surface area (TPSA) is 57.7 Å². The zero-order valence-electron chi connectivity index (χ0n) is 16.0. The molecule has 1 amide bonds. The molecule has 1 N–H and O–H groups in total. The highest BCUT2D eigenvalue weighted by Gasteiger charge is 2.17. The van der Waals surface area contributed by atoms with Crippen LogP contribution in [0.1, 0.15) is 6.42 Å². The molecule has 0 bridgehead atoms. The number of benzene rings is 2. The summed E-state index contributed by atoms with van der Waals surface area (Å²) in [5, 5.41) is 3.54. The van der Waals surface area contributed by atoms with E-state index in [9.17, 15) is 4.79 Å². The van der Waals surface area contributed by atoms with Gasteiger partial charge in [-0.3, -0.25) is 10.2 Å². The van der Waals surface area contributed by atoms with Crippen molar-refractivity contribution in [1.29, 1.82) is 0 Å². The first-order valence-electron chi connectivity index (χ1n) is 9.67. The molecular formula is C21H23ClN4O2S. The molecule has 1 saturated heterocycles. The van der Waals surface area contributed by atoms with Crippen LogP contribution in [-0.4, -0.2) is 55.3 Å². The molecule has 2 heterocycles. The van der Waals surface area contributed by atoms with Crippen molar-refractivity contribution >= 4 is 50.6 Å². The van der Waals surface area contributed by atoms with Gasteiger partial charge in [0.2, 0.25) is 0 Å². The summed E-state index contributed by atoms with van der Waals surface area (Å²) in [7, 11) is 0. The third-order valence-electron chi connectivity index (χ3n) is 4.99. The second kappa shape index (κ2) is 9.43. The molecule has 0 aliphatic carbocycles. The summed E-state index contributed by atoms with van der Waals surface area (Å²) in [6.45, 7) is 5.32. The lowest BCUT2D eigenvalue weighted by atomic mass is 10.2. The van der Waals surface area contributed by atoms with Crippen molar-refractivity contribution in [2.75, 3.05) is 49.5 Å². The number of thiazole rings is 1. The number of piperazine rings is 1. The van der Waals surface area contributed by atoms with Gasteiger partial charge in [-0.05, 0) is 48.9 Å². The van der Waals surface area contributed by atoms with Crippen LogP contribution in [-0.2, 0) is 4.74 Å². The van der Waals surface area contributed by atoms with Crippen LogP contribution in [0.5, 0.6) is 0 Å². The minimum atomic E-state index is -0.415. The molecule has 1 aliphatic rings. The van der Waals surface area contributed by atoms with Crippen LogP contribution in [0.2, 0.25) is 5.02 Å². The quantitative estimate of drug-likeness (QED) is 0.574. The first kappa shape index (κ1) is 19.9. The molecule has 0 radical (unpaired) electrons. The fourth-order valence-corrected chi connectivity index (χ4v) is 4.26. The molecule has 0 spiro atoms. The standard InChI is InChI=1S/C21H23ClN4O2S/c22-16-2-5-18(6-3-16)26-11-9-25(10-12-26)8-1-13-28-21(27)24-17-4-7-19-20(14-17)29-15-23-19/h2-7,14-15H,1,8-13H2,(H,24,27). The zero-order chi connectivity index (χ0) is 20.1. The van der Waals surface area contributed by atoms with E-state index in [2.05, 4.69) is 32.2 Å². The van der Waals surface area contributed by atoms with Gasteiger partial charge in [-0.1, -0.05) is 11.6 Å². The van der Waals surface area contributed by atoms with Gasteiger partial charge in [0.1, 0.15) is 0 Å². The highest BCUT2D eigenvalue weighted by molar-refractivity contribution is 7.16. The van der Waals surface area contributed by atoms with E-state index in [1.165, 1.54) is 5.69 Å². The fraction of sp³-hybridized carbons (Fsp3) is 0.333. The van der Waals surface area contributed by atoms with Gasteiger partial charge < -0.3 is 9.64 Å². The van der Waals surface area contributed by atoms with Gasteiger partial charge in [0, 0.05) is 49.1 Å². The van der Waals surface area contributed by atoms with Gasteiger partial charge in [-0.25, -0.2) is 9.78 Å². The molecule has 1 aromatic heterocycles. The number of fused-ring (bicyclic) bond motifs is 1. The largest absolute Gasteiger partial charge is 0.449 e. The molecule has 4 rings (SSSR count). The zero-order valence-corrected chi connectivity index (χ0v) is 17.6. The Bertz CT molecular complexity index is 955. The number of nitrogens with one attached hydrogen (secondary N) is 1. The molecular weight excluding hydrogens is 408 g/mol. The second-order valence-electron chi connectivity index (χ2n) is 6.95. The Kier molecular flexibility index (Phi) is 6.49. The number of carbonyl (C=O) groups is 1. The van der Waals surface area contributed by atoms with Gasteiger partial charge in [0.05, 0.1) is 22.3 Å². The first-order chi connectivity index (χ1) is 14.2. The molecule has 1 fully saturated rings. The van der Waals surface area contributed by atoms with Crippen LogP contribution in [0.3, 0.4) is 0 Å². The number of rotatable bonds is 6. The van der Waals surface area contributed by atoms with Crippen LogP contribution >= 0.6 is 22.9 Å². The lowest BCUT2D eigenvalue weighted by Gasteiger charge is -2.36. The van der Waals surface area contributed by atoms with Crippen LogP contribution < -0.4 is 10.2 Å². The maximum atomic E-state index is 12.0. The van der Waals surface area contributed by atoms with Crippen molar-refractivity contribution < 1.29 is 9.53 Å². The van der Waals surface area contributed by atoms with E-state index in [1.54, 1.807) is 16.8 Å². The Morgan fingerprint density at radius 3 is 2.72 bits per heavy atom. The number of halogens is 1. The number of ether oxygens (including phenoxy) is 1. The fourth-order valence-electron chi connectivity index (χ4n) is 3.42.